The molecule has 0 aliphatic rings. The number of halogens is 1. The van der Waals surface area contributed by atoms with E-state index in [0.29, 0.717) is 17.0 Å². The average molecular weight is 317 g/mol. The lowest BCUT2D eigenvalue weighted by atomic mass is 10.00. The highest BCUT2D eigenvalue weighted by Crippen LogP contribution is 2.35. The Kier molecular flexibility index (Phi) is 3.77. The predicted molar refractivity (Wildman–Crippen MR) is 80.7 cm³/mol. The molecule has 1 heterocycles. The first-order valence-electron chi connectivity index (χ1n) is 6.53. The third-order valence-corrected chi connectivity index (χ3v) is 4.06. The molecule has 0 bridgehead atoms. The van der Waals surface area contributed by atoms with Crippen LogP contribution in [-0.2, 0) is 10.7 Å². The molecule has 0 amide bonds. The molecule has 4 nitrogen and oxygen atoms in total. The molecule has 6 heteroatoms. The van der Waals surface area contributed by atoms with Crippen LogP contribution in [0, 0.1) is 12.7 Å². The van der Waals surface area contributed by atoms with Crippen LogP contribution >= 0.6 is 0 Å². The lowest BCUT2D eigenvalue weighted by Gasteiger charge is -2.03. The Morgan fingerprint density at radius 1 is 0.955 bits per heavy atom. The zero-order chi connectivity index (χ0) is 15.7. The van der Waals surface area contributed by atoms with Gasteiger partial charge >= 0.3 is 0 Å². The molecular weight excluding hydrogens is 305 g/mol. The maximum absolute atomic E-state index is 13.0. The van der Waals surface area contributed by atoms with Gasteiger partial charge in [-0.25, -0.2) is 12.8 Å². The van der Waals surface area contributed by atoms with Crippen LogP contribution in [0.5, 0.6) is 0 Å². The molecule has 0 radical (unpaired) electrons. The molecule has 0 aliphatic carbocycles. The molecule has 22 heavy (non-hydrogen) atoms. The fourth-order valence-corrected chi connectivity index (χ4v) is 2.65. The standard InChI is InChI=1S/C16H12FNO3S/c1-10-15(11-4-8-14(9-5-11)22(19)20)16(21-18-10)12-2-6-13(17)7-3-12/h2-9,22H,1H3. The second-order valence-electron chi connectivity index (χ2n) is 4.78. The Morgan fingerprint density at radius 3 is 2.14 bits per heavy atom. The van der Waals surface area contributed by atoms with Crippen LogP contribution in [0.1, 0.15) is 5.69 Å². The van der Waals surface area contributed by atoms with E-state index in [2.05, 4.69) is 5.16 Å². The summed E-state index contributed by atoms with van der Waals surface area (Å²) < 4.78 is 40.3. The van der Waals surface area contributed by atoms with E-state index in [1.807, 2.05) is 0 Å². The van der Waals surface area contributed by atoms with Crippen LogP contribution in [0.4, 0.5) is 4.39 Å². The Labute approximate surface area is 128 Å². The Hall–Kier alpha value is -2.47. The van der Waals surface area contributed by atoms with Gasteiger partial charge in [-0.15, -0.1) is 0 Å². The van der Waals surface area contributed by atoms with Gasteiger partial charge in [-0.05, 0) is 48.9 Å². The van der Waals surface area contributed by atoms with Gasteiger partial charge in [0.1, 0.15) is 5.82 Å². The van der Waals surface area contributed by atoms with Crippen LogP contribution in [-0.4, -0.2) is 13.6 Å². The molecule has 112 valence electrons. The van der Waals surface area contributed by atoms with E-state index >= 15 is 0 Å². The molecule has 0 spiro atoms. The molecule has 0 aliphatic heterocycles. The maximum atomic E-state index is 13.0. The first kappa shape index (κ1) is 14.5. The quantitative estimate of drug-likeness (QED) is 0.752. The Balaban J connectivity index is 2.11. The smallest absolute Gasteiger partial charge is 0.174 e. The van der Waals surface area contributed by atoms with Crippen LogP contribution in [0.2, 0.25) is 0 Å². The summed E-state index contributed by atoms with van der Waals surface area (Å²) in [7, 11) is -2.61. The van der Waals surface area contributed by atoms with Gasteiger partial charge < -0.3 is 4.52 Å². The molecule has 2 aromatic carbocycles. The third kappa shape index (κ3) is 2.65. The highest BCUT2D eigenvalue weighted by molar-refractivity contribution is 7.72. The van der Waals surface area contributed by atoms with Crippen molar-refractivity contribution in [1.29, 1.82) is 0 Å². The lowest BCUT2D eigenvalue weighted by Crippen LogP contribution is -1.85. The van der Waals surface area contributed by atoms with Gasteiger partial charge in [-0.2, -0.15) is 0 Å². The van der Waals surface area contributed by atoms with Gasteiger partial charge in [0.05, 0.1) is 16.2 Å². The molecule has 0 saturated carbocycles. The van der Waals surface area contributed by atoms with Gasteiger partial charge in [0.15, 0.2) is 16.5 Å². The number of rotatable bonds is 3. The molecular formula is C16H12FNO3S. The zero-order valence-electron chi connectivity index (χ0n) is 11.6. The molecule has 0 atom stereocenters. The van der Waals surface area contributed by atoms with Gasteiger partial charge in [-0.1, -0.05) is 17.3 Å². The summed E-state index contributed by atoms with van der Waals surface area (Å²) in [6, 6.07) is 12.4. The van der Waals surface area contributed by atoms with Crippen LogP contribution in [0.15, 0.2) is 57.9 Å². The summed E-state index contributed by atoms with van der Waals surface area (Å²) >= 11 is 0. The van der Waals surface area contributed by atoms with Crippen molar-refractivity contribution in [2.45, 2.75) is 11.8 Å². The molecule has 3 rings (SSSR count). The van der Waals surface area contributed by atoms with Crippen molar-refractivity contribution in [3.63, 3.8) is 0 Å². The molecule has 0 unspecified atom stereocenters. The first-order valence-corrected chi connectivity index (χ1v) is 7.71. The summed E-state index contributed by atoms with van der Waals surface area (Å²) in [5.41, 5.74) is 2.94. The third-order valence-electron chi connectivity index (χ3n) is 3.34. The SMILES string of the molecule is Cc1noc(-c2ccc(F)cc2)c1-c1ccc([SH](=O)=O)cc1. The zero-order valence-corrected chi connectivity index (χ0v) is 12.5. The van der Waals surface area contributed by atoms with Crippen molar-refractivity contribution in [2.75, 3.05) is 0 Å². The largest absolute Gasteiger partial charge is 0.355 e. The monoisotopic (exact) mass is 317 g/mol. The first-order chi connectivity index (χ1) is 10.6. The number of nitrogens with zero attached hydrogens (tertiary/aromatic N) is 1. The Morgan fingerprint density at radius 2 is 1.55 bits per heavy atom. The minimum atomic E-state index is -2.61. The van der Waals surface area contributed by atoms with Crippen LogP contribution in [0.25, 0.3) is 22.5 Å². The second kappa shape index (κ2) is 5.73. The van der Waals surface area contributed by atoms with E-state index in [-0.39, 0.29) is 10.7 Å². The van der Waals surface area contributed by atoms with Gasteiger partial charge in [0, 0.05) is 5.56 Å². The summed E-state index contributed by atoms with van der Waals surface area (Å²) in [6.45, 7) is 1.80. The number of hydrogen-bond acceptors (Lipinski definition) is 4. The fraction of sp³-hybridized carbons (Fsp3) is 0.0625. The van der Waals surface area contributed by atoms with Crippen molar-refractivity contribution >= 4 is 10.7 Å². The molecule has 0 saturated heterocycles. The van der Waals surface area contributed by atoms with Crippen molar-refractivity contribution in [2.24, 2.45) is 0 Å². The van der Waals surface area contributed by atoms with Crippen molar-refractivity contribution in [3.8, 4) is 22.5 Å². The van der Waals surface area contributed by atoms with E-state index in [4.69, 9.17) is 4.52 Å². The van der Waals surface area contributed by atoms with Crippen molar-refractivity contribution < 1.29 is 17.3 Å². The Bertz CT molecular complexity index is 873. The van der Waals surface area contributed by atoms with Crippen LogP contribution in [0.3, 0.4) is 0 Å². The number of aromatic nitrogens is 1. The van der Waals surface area contributed by atoms with Crippen LogP contribution < -0.4 is 0 Å². The van der Waals surface area contributed by atoms with E-state index in [1.165, 1.54) is 24.3 Å². The van der Waals surface area contributed by atoms with Gasteiger partial charge in [0.2, 0.25) is 0 Å². The minimum Gasteiger partial charge on any atom is -0.355 e. The van der Waals surface area contributed by atoms with E-state index in [1.54, 1.807) is 31.2 Å². The average Bonchev–Trinajstić information content (AvgIpc) is 2.90. The van der Waals surface area contributed by atoms with Crippen molar-refractivity contribution in [1.82, 2.24) is 5.16 Å². The summed E-state index contributed by atoms with van der Waals surface area (Å²) in [5.74, 6) is 0.196. The number of thiol groups is 1. The highest BCUT2D eigenvalue weighted by Gasteiger charge is 2.17. The molecule has 3 aromatic rings. The summed E-state index contributed by atoms with van der Waals surface area (Å²) in [6.07, 6.45) is 0. The van der Waals surface area contributed by atoms with E-state index in [9.17, 15) is 12.8 Å². The topological polar surface area (TPSA) is 60.2 Å². The number of benzene rings is 2. The lowest BCUT2D eigenvalue weighted by molar-refractivity contribution is 0.427. The molecule has 0 N–H and O–H groups in total. The number of aryl methyl sites for hydroxylation is 1. The molecule has 1 aromatic heterocycles. The van der Waals surface area contributed by atoms with Gasteiger partial charge in [0.25, 0.3) is 0 Å². The number of hydrogen-bond donors (Lipinski definition) is 1. The summed E-state index contributed by atoms with van der Waals surface area (Å²) in [4.78, 5) is 0.246. The van der Waals surface area contributed by atoms with Crippen molar-refractivity contribution in [3.05, 3.63) is 60.0 Å². The van der Waals surface area contributed by atoms with Gasteiger partial charge in [-0.3, -0.25) is 0 Å². The minimum absolute atomic E-state index is 0.246. The predicted octanol–water partition coefficient (Wildman–Crippen LogP) is 3.43. The summed E-state index contributed by atoms with van der Waals surface area (Å²) in [5, 5.41) is 3.96. The highest BCUT2D eigenvalue weighted by atomic mass is 32.2. The normalized spacial score (nSPS) is 11.0. The van der Waals surface area contributed by atoms with E-state index in [0.717, 1.165) is 11.1 Å². The molecule has 0 fully saturated rings. The maximum Gasteiger partial charge on any atom is 0.174 e. The van der Waals surface area contributed by atoms with E-state index < -0.39 is 10.7 Å². The fourth-order valence-electron chi connectivity index (χ4n) is 2.26. The second-order valence-corrected chi connectivity index (χ2v) is 5.81.